The van der Waals surface area contributed by atoms with Crippen molar-refractivity contribution >= 4 is 29.6 Å². The molecule has 1 aliphatic heterocycles. The zero-order valence-corrected chi connectivity index (χ0v) is 15.8. The van der Waals surface area contributed by atoms with Crippen LogP contribution in [-0.4, -0.2) is 52.2 Å². The molecule has 7 nitrogen and oxygen atoms in total. The maximum absolute atomic E-state index is 12.6. The van der Waals surface area contributed by atoms with Crippen molar-refractivity contribution in [2.75, 3.05) is 13.1 Å². The van der Waals surface area contributed by atoms with E-state index in [9.17, 15) is 19.5 Å². The third-order valence-corrected chi connectivity index (χ3v) is 4.49. The minimum atomic E-state index is -1.46. The number of carbonyl (C=O) groups is 3. The Kier molecular flexibility index (Phi) is 5.81. The number of likely N-dealkylation sites (tertiary alicyclic amines) is 1. The summed E-state index contributed by atoms with van der Waals surface area (Å²) in [6.45, 7) is 5.47. The van der Waals surface area contributed by atoms with Gasteiger partial charge in [0.05, 0.1) is 10.6 Å². The molecule has 8 heteroatoms. The number of aliphatic carboxylic acids is 1. The van der Waals surface area contributed by atoms with Gasteiger partial charge in [-0.2, -0.15) is 0 Å². The molecule has 26 heavy (non-hydrogen) atoms. The van der Waals surface area contributed by atoms with Gasteiger partial charge in [0.1, 0.15) is 11.1 Å². The monoisotopic (exact) mass is 382 g/mol. The highest BCUT2D eigenvalue weighted by molar-refractivity contribution is 6.33. The van der Waals surface area contributed by atoms with E-state index >= 15 is 0 Å². The summed E-state index contributed by atoms with van der Waals surface area (Å²) in [5.41, 5.74) is -1.82. The number of hydrogen-bond donors (Lipinski definition) is 2. The minimum absolute atomic E-state index is 0.0811. The van der Waals surface area contributed by atoms with E-state index in [0.29, 0.717) is 10.6 Å². The Hall–Kier alpha value is -2.28. The van der Waals surface area contributed by atoms with Crippen molar-refractivity contribution in [1.29, 1.82) is 0 Å². The molecule has 0 bridgehead atoms. The molecule has 0 aliphatic carbocycles. The molecule has 0 saturated carbocycles. The van der Waals surface area contributed by atoms with Gasteiger partial charge >= 0.3 is 12.1 Å². The standard InChI is InChI=1S/C18H23ClN2O5/c1-17(2,3)26-16(25)20-18(15(23)24)8-10-21(11-9-18)14(22)12-6-4-5-7-13(12)19/h4-7H,8-11H2,1-3H3,(H,20,25)(H,23,24). The van der Waals surface area contributed by atoms with E-state index in [-0.39, 0.29) is 31.8 Å². The van der Waals surface area contributed by atoms with Crippen LogP contribution in [0.15, 0.2) is 24.3 Å². The Balaban J connectivity index is 2.07. The number of carboxylic acids is 1. The molecule has 0 unspecified atom stereocenters. The number of ether oxygens (including phenoxy) is 1. The molecular weight excluding hydrogens is 360 g/mol. The molecule has 0 aromatic heterocycles. The first kappa shape index (κ1) is 20.0. The first-order valence-corrected chi connectivity index (χ1v) is 8.70. The average Bonchev–Trinajstić information content (AvgIpc) is 2.53. The van der Waals surface area contributed by atoms with E-state index in [1.165, 1.54) is 0 Å². The second-order valence-electron chi connectivity index (χ2n) is 7.29. The first-order chi connectivity index (χ1) is 12.0. The normalized spacial score (nSPS) is 16.7. The van der Waals surface area contributed by atoms with Crippen LogP contribution in [0.2, 0.25) is 5.02 Å². The van der Waals surface area contributed by atoms with Crippen LogP contribution in [0.25, 0.3) is 0 Å². The average molecular weight is 383 g/mol. The summed E-state index contributed by atoms with van der Waals surface area (Å²) in [6.07, 6.45) is -0.624. The van der Waals surface area contributed by atoms with E-state index in [1.807, 2.05) is 0 Å². The van der Waals surface area contributed by atoms with Crippen LogP contribution in [0.5, 0.6) is 0 Å². The summed E-state index contributed by atoms with van der Waals surface area (Å²) in [4.78, 5) is 37.9. The Morgan fingerprint density at radius 1 is 1.19 bits per heavy atom. The van der Waals surface area contributed by atoms with Crippen molar-refractivity contribution in [3.8, 4) is 0 Å². The number of nitrogens with one attached hydrogen (secondary N) is 1. The molecule has 142 valence electrons. The van der Waals surface area contributed by atoms with Crippen LogP contribution in [0, 0.1) is 0 Å². The number of halogens is 1. The second-order valence-corrected chi connectivity index (χ2v) is 7.69. The number of nitrogens with zero attached hydrogens (tertiary/aromatic N) is 1. The maximum atomic E-state index is 12.6. The number of benzene rings is 1. The highest BCUT2D eigenvalue weighted by Gasteiger charge is 2.44. The third-order valence-electron chi connectivity index (χ3n) is 4.16. The molecule has 1 saturated heterocycles. The van der Waals surface area contributed by atoms with Gasteiger partial charge in [0.15, 0.2) is 0 Å². The molecule has 2 N–H and O–H groups in total. The van der Waals surface area contributed by atoms with E-state index in [0.717, 1.165) is 0 Å². The summed E-state index contributed by atoms with van der Waals surface area (Å²) >= 11 is 6.06. The van der Waals surface area contributed by atoms with Gasteiger partial charge in [-0.15, -0.1) is 0 Å². The highest BCUT2D eigenvalue weighted by Crippen LogP contribution is 2.26. The van der Waals surface area contributed by atoms with Crippen LogP contribution in [0.1, 0.15) is 44.0 Å². The van der Waals surface area contributed by atoms with Gasteiger partial charge in [0.2, 0.25) is 0 Å². The molecule has 1 aliphatic rings. The second kappa shape index (κ2) is 7.53. The summed E-state index contributed by atoms with van der Waals surface area (Å²) < 4.78 is 5.16. The number of amides is 2. The number of alkyl carbamates (subject to hydrolysis) is 1. The molecule has 0 radical (unpaired) electrons. The van der Waals surface area contributed by atoms with Crippen LogP contribution < -0.4 is 5.32 Å². The predicted molar refractivity (Wildman–Crippen MR) is 96.3 cm³/mol. The van der Waals surface area contributed by atoms with E-state index < -0.39 is 23.2 Å². The van der Waals surface area contributed by atoms with Crippen molar-refractivity contribution in [1.82, 2.24) is 10.2 Å². The number of hydrogen-bond acceptors (Lipinski definition) is 4. The number of rotatable bonds is 3. The largest absolute Gasteiger partial charge is 0.480 e. The molecule has 1 aromatic rings. The molecule has 1 aromatic carbocycles. The Morgan fingerprint density at radius 2 is 1.77 bits per heavy atom. The molecule has 2 rings (SSSR count). The van der Waals surface area contributed by atoms with Crippen LogP contribution in [0.4, 0.5) is 4.79 Å². The number of carboxylic acid groups (broad SMARTS) is 1. The minimum Gasteiger partial charge on any atom is -0.480 e. The highest BCUT2D eigenvalue weighted by atomic mass is 35.5. The van der Waals surface area contributed by atoms with Crippen molar-refractivity contribution in [3.05, 3.63) is 34.9 Å². The molecule has 2 amide bonds. The summed E-state index contributed by atoms with van der Waals surface area (Å²) in [5, 5.41) is 12.4. The molecule has 1 heterocycles. The van der Waals surface area contributed by atoms with Gasteiger partial charge in [0.25, 0.3) is 5.91 Å². The van der Waals surface area contributed by atoms with Gasteiger partial charge < -0.3 is 20.1 Å². The van der Waals surface area contributed by atoms with Gasteiger partial charge in [-0.1, -0.05) is 23.7 Å². The van der Waals surface area contributed by atoms with E-state index in [2.05, 4.69) is 5.32 Å². The zero-order valence-electron chi connectivity index (χ0n) is 15.0. The Morgan fingerprint density at radius 3 is 2.27 bits per heavy atom. The topological polar surface area (TPSA) is 95.9 Å². The van der Waals surface area contributed by atoms with Crippen LogP contribution in [-0.2, 0) is 9.53 Å². The third kappa shape index (κ3) is 4.66. The lowest BCUT2D eigenvalue weighted by Gasteiger charge is -2.39. The Labute approximate surface area is 157 Å². The lowest BCUT2D eigenvalue weighted by atomic mass is 9.87. The van der Waals surface area contributed by atoms with Crippen LogP contribution >= 0.6 is 11.6 Å². The van der Waals surface area contributed by atoms with E-state index in [4.69, 9.17) is 16.3 Å². The Bertz CT molecular complexity index is 706. The lowest BCUT2D eigenvalue weighted by molar-refractivity contribution is -0.146. The molecule has 0 spiro atoms. The first-order valence-electron chi connectivity index (χ1n) is 8.32. The fourth-order valence-corrected chi connectivity index (χ4v) is 3.00. The molecule has 0 atom stereocenters. The quantitative estimate of drug-likeness (QED) is 0.837. The van der Waals surface area contributed by atoms with Gasteiger partial charge in [-0.3, -0.25) is 4.79 Å². The van der Waals surface area contributed by atoms with Crippen molar-refractivity contribution in [2.24, 2.45) is 0 Å². The van der Waals surface area contributed by atoms with Crippen molar-refractivity contribution < 1.29 is 24.2 Å². The van der Waals surface area contributed by atoms with Crippen molar-refractivity contribution in [2.45, 2.75) is 44.8 Å². The maximum Gasteiger partial charge on any atom is 0.408 e. The number of carbonyl (C=O) groups excluding carboxylic acids is 2. The number of piperidine rings is 1. The van der Waals surface area contributed by atoms with Gasteiger partial charge in [-0.25, -0.2) is 9.59 Å². The van der Waals surface area contributed by atoms with Gasteiger partial charge in [-0.05, 0) is 45.7 Å². The molecule has 1 fully saturated rings. The fourth-order valence-electron chi connectivity index (χ4n) is 2.79. The fraction of sp³-hybridized carbons (Fsp3) is 0.500. The summed E-state index contributed by atoms with van der Waals surface area (Å²) in [5.74, 6) is -1.40. The summed E-state index contributed by atoms with van der Waals surface area (Å²) in [6, 6.07) is 6.71. The summed E-state index contributed by atoms with van der Waals surface area (Å²) in [7, 11) is 0. The van der Waals surface area contributed by atoms with Crippen molar-refractivity contribution in [3.63, 3.8) is 0 Å². The van der Waals surface area contributed by atoms with Crippen LogP contribution in [0.3, 0.4) is 0 Å². The predicted octanol–water partition coefficient (Wildman–Crippen LogP) is 2.92. The molecular formula is C18H23ClN2O5. The van der Waals surface area contributed by atoms with E-state index in [1.54, 1.807) is 49.9 Å². The smallest absolute Gasteiger partial charge is 0.408 e. The SMILES string of the molecule is CC(C)(C)OC(=O)NC1(C(=O)O)CCN(C(=O)c2ccccc2Cl)CC1. The zero-order chi connectivity index (χ0) is 19.5. The van der Waals surface area contributed by atoms with Gasteiger partial charge in [0, 0.05) is 13.1 Å². The lowest BCUT2D eigenvalue weighted by Crippen LogP contribution is -2.61.